The number of rotatable bonds is 7. The van der Waals surface area contributed by atoms with Gasteiger partial charge in [0.1, 0.15) is 29.9 Å². The molecule has 7 rings (SSSR count). The molecule has 0 unspecified atom stereocenters. The zero-order valence-corrected chi connectivity index (χ0v) is 22.7. The van der Waals surface area contributed by atoms with Gasteiger partial charge in [-0.1, -0.05) is 12.1 Å². The van der Waals surface area contributed by atoms with Crippen molar-refractivity contribution in [3.05, 3.63) is 59.0 Å². The molecule has 208 valence electrons. The third-order valence-corrected chi connectivity index (χ3v) is 8.81. The van der Waals surface area contributed by atoms with Gasteiger partial charge in [-0.25, -0.2) is 19.9 Å². The number of benzene rings is 1. The average Bonchev–Trinajstić information content (AvgIpc) is 3.83. The smallest absolute Gasteiger partial charge is 0.260 e. The zero-order valence-electron chi connectivity index (χ0n) is 22.7. The van der Waals surface area contributed by atoms with Gasteiger partial charge in [0.25, 0.3) is 5.56 Å². The summed E-state index contributed by atoms with van der Waals surface area (Å²) in [6.45, 7) is 5.35. The Labute approximate surface area is 233 Å². The molecule has 3 aromatic heterocycles. The van der Waals surface area contributed by atoms with Crippen LogP contribution in [0.15, 0.2) is 47.9 Å². The van der Waals surface area contributed by atoms with Crippen LogP contribution in [0.5, 0.6) is 0 Å². The van der Waals surface area contributed by atoms with E-state index < -0.39 is 0 Å². The average molecular weight is 541 g/mol. The molecule has 10 nitrogen and oxygen atoms in total. The Morgan fingerprint density at radius 3 is 2.48 bits per heavy atom. The van der Waals surface area contributed by atoms with E-state index in [0.29, 0.717) is 24.4 Å². The number of nitrogens with one attached hydrogen (secondary N) is 1. The van der Waals surface area contributed by atoms with E-state index in [1.54, 1.807) is 18.9 Å². The van der Waals surface area contributed by atoms with Gasteiger partial charge in [0.2, 0.25) is 0 Å². The van der Waals surface area contributed by atoms with E-state index in [2.05, 4.69) is 53.3 Å². The minimum atomic E-state index is -0.287. The molecule has 0 amide bonds. The number of hydrogen-bond acceptors (Lipinski definition) is 9. The molecular weight excluding hydrogens is 504 g/mol. The summed E-state index contributed by atoms with van der Waals surface area (Å²) in [5.41, 5.74) is 1.83. The van der Waals surface area contributed by atoms with Crippen LogP contribution >= 0.6 is 0 Å². The molecule has 2 aliphatic carbocycles. The second-order valence-corrected chi connectivity index (χ2v) is 11.6. The van der Waals surface area contributed by atoms with Crippen LogP contribution in [0, 0.1) is 5.92 Å². The van der Waals surface area contributed by atoms with Gasteiger partial charge >= 0.3 is 0 Å². The van der Waals surface area contributed by atoms with Crippen molar-refractivity contribution in [3.8, 4) is 0 Å². The number of piperazine rings is 1. The summed E-state index contributed by atoms with van der Waals surface area (Å²) < 4.78 is 1.90. The molecule has 4 heterocycles. The van der Waals surface area contributed by atoms with E-state index in [1.807, 2.05) is 10.6 Å². The van der Waals surface area contributed by atoms with Crippen molar-refractivity contribution in [1.29, 1.82) is 0 Å². The fourth-order valence-electron chi connectivity index (χ4n) is 6.33. The van der Waals surface area contributed by atoms with E-state index in [1.165, 1.54) is 12.8 Å². The summed E-state index contributed by atoms with van der Waals surface area (Å²) in [6.07, 6.45) is 10.1. The molecule has 4 aromatic rings. The Bertz CT molecular complexity index is 1560. The van der Waals surface area contributed by atoms with Crippen molar-refractivity contribution in [2.24, 2.45) is 5.92 Å². The van der Waals surface area contributed by atoms with Gasteiger partial charge in [-0.05, 0) is 62.1 Å². The van der Waals surface area contributed by atoms with Crippen LogP contribution in [0.1, 0.15) is 50.1 Å². The number of anilines is 2. The molecule has 0 spiro atoms. The Kier molecular flexibility index (Phi) is 6.81. The Hall–Kier alpha value is -3.63. The number of aliphatic hydroxyl groups excluding tert-OH is 1. The van der Waals surface area contributed by atoms with Crippen molar-refractivity contribution in [1.82, 2.24) is 29.4 Å². The Balaban J connectivity index is 1.23. The lowest BCUT2D eigenvalue weighted by molar-refractivity contribution is 0.111. The van der Waals surface area contributed by atoms with Crippen molar-refractivity contribution in [3.63, 3.8) is 0 Å². The van der Waals surface area contributed by atoms with Gasteiger partial charge in [0.05, 0.1) is 11.5 Å². The highest BCUT2D eigenvalue weighted by atomic mass is 16.3. The Morgan fingerprint density at radius 2 is 1.73 bits per heavy atom. The summed E-state index contributed by atoms with van der Waals surface area (Å²) in [7, 11) is 0. The fraction of sp³-hybridized carbons (Fsp3) is 0.500. The van der Waals surface area contributed by atoms with E-state index in [9.17, 15) is 9.90 Å². The van der Waals surface area contributed by atoms with Crippen LogP contribution < -0.4 is 15.8 Å². The second-order valence-electron chi connectivity index (χ2n) is 11.6. The van der Waals surface area contributed by atoms with Crippen LogP contribution in [0.2, 0.25) is 0 Å². The maximum atomic E-state index is 14.1. The summed E-state index contributed by atoms with van der Waals surface area (Å²) in [5.74, 6) is 2.47. The maximum Gasteiger partial charge on any atom is 0.260 e. The minimum Gasteiger partial charge on any atom is -0.393 e. The third kappa shape index (κ3) is 5.01. The number of aliphatic hydroxyl groups is 1. The lowest BCUT2D eigenvalue weighted by atomic mass is 9.92. The van der Waals surface area contributed by atoms with E-state index in [4.69, 9.17) is 0 Å². The molecular formula is C30H36N8O2. The fourth-order valence-corrected chi connectivity index (χ4v) is 6.33. The Morgan fingerprint density at radius 1 is 0.900 bits per heavy atom. The van der Waals surface area contributed by atoms with Crippen LogP contribution in [0.4, 0.5) is 11.6 Å². The SMILES string of the molecule is O=c1c2cc(CN3CCN(c4ccncn4)CC3)ccc2c2c(NCC3CC3)ncnc2n1C1CCC(O)CC1. The number of hydrogen-bond donors (Lipinski definition) is 2. The van der Waals surface area contributed by atoms with E-state index in [-0.39, 0.29) is 17.7 Å². The first-order valence-corrected chi connectivity index (χ1v) is 14.6. The zero-order chi connectivity index (χ0) is 27.1. The molecule has 1 saturated heterocycles. The summed E-state index contributed by atoms with van der Waals surface area (Å²) in [5, 5.41) is 16.3. The first kappa shape index (κ1) is 25.3. The summed E-state index contributed by atoms with van der Waals surface area (Å²) in [4.78, 5) is 36.6. The largest absolute Gasteiger partial charge is 0.393 e. The molecule has 0 bridgehead atoms. The summed E-state index contributed by atoms with van der Waals surface area (Å²) in [6, 6.07) is 8.30. The maximum absolute atomic E-state index is 14.1. The van der Waals surface area contributed by atoms with Crippen molar-refractivity contribution < 1.29 is 5.11 Å². The van der Waals surface area contributed by atoms with Gasteiger partial charge in [-0.3, -0.25) is 14.3 Å². The predicted molar refractivity (Wildman–Crippen MR) is 156 cm³/mol. The summed E-state index contributed by atoms with van der Waals surface area (Å²) >= 11 is 0. The predicted octanol–water partition coefficient (Wildman–Crippen LogP) is 3.35. The highest BCUT2D eigenvalue weighted by Gasteiger charge is 2.27. The first-order valence-electron chi connectivity index (χ1n) is 14.6. The molecule has 40 heavy (non-hydrogen) atoms. The van der Waals surface area contributed by atoms with Crippen molar-refractivity contribution >= 4 is 33.4 Å². The van der Waals surface area contributed by atoms with Gasteiger partial charge < -0.3 is 15.3 Å². The quantitative estimate of drug-likeness (QED) is 0.341. The van der Waals surface area contributed by atoms with E-state index >= 15 is 0 Å². The van der Waals surface area contributed by atoms with Crippen LogP contribution in [0.3, 0.4) is 0 Å². The normalized spacial score (nSPS) is 22.2. The molecule has 3 fully saturated rings. The lowest BCUT2D eigenvalue weighted by Crippen LogP contribution is -2.46. The standard InChI is InChI=1S/C30H36N8O2/c39-23-6-4-22(5-7-23)38-29-27(28(34-19-35-29)32-16-20-1-2-20)24-8-3-21(15-25(24)30(38)40)17-36-11-13-37(14-12-36)26-9-10-31-18-33-26/h3,8-10,15,18-20,22-23,39H,1-2,4-7,11-14,16-17H2,(H,32,34,35). The van der Waals surface area contributed by atoms with Gasteiger partial charge in [0.15, 0.2) is 0 Å². The number of nitrogens with zero attached hydrogens (tertiary/aromatic N) is 7. The molecule has 0 atom stereocenters. The van der Waals surface area contributed by atoms with Gasteiger partial charge in [0, 0.05) is 62.3 Å². The monoisotopic (exact) mass is 540 g/mol. The number of pyridine rings is 1. The lowest BCUT2D eigenvalue weighted by Gasteiger charge is -2.35. The molecule has 2 saturated carbocycles. The number of aromatic nitrogens is 5. The van der Waals surface area contributed by atoms with E-state index in [0.717, 1.165) is 85.5 Å². The third-order valence-electron chi connectivity index (χ3n) is 8.81. The molecule has 1 aliphatic heterocycles. The molecule has 2 N–H and O–H groups in total. The van der Waals surface area contributed by atoms with Crippen LogP contribution in [0.25, 0.3) is 21.8 Å². The van der Waals surface area contributed by atoms with Crippen LogP contribution in [-0.4, -0.2) is 73.3 Å². The molecule has 1 aromatic carbocycles. The molecule has 0 radical (unpaired) electrons. The first-order chi connectivity index (χ1) is 19.6. The van der Waals surface area contributed by atoms with Crippen LogP contribution in [-0.2, 0) is 6.54 Å². The number of fused-ring (bicyclic) bond motifs is 3. The highest BCUT2D eigenvalue weighted by Crippen LogP contribution is 2.35. The van der Waals surface area contributed by atoms with Gasteiger partial charge in [-0.2, -0.15) is 0 Å². The minimum absolute atomic E-state index is 0.00571. The highest BCUT2D eigenvalue weighted by molar-refractivity contribution is 6.09. The topological polar surface area (TPSA) is 112 Å². The second kappa shape index (κ2) is 10.7. The van der Waals surface area contributed by atoms with Gasteiger partial charge in [-0.15, -0.1) is 0 Å². The molecule has 3 aliphatic rings. The van der Waals surface area contributed by atoms with Crippen molar-refractivity contribution in [2.75, 3.05) is 42.9 Å². The van der Waals surface area contributed by atoms with Crippen molar-refractivity contribution in [2.45, 2.75) is 57.2 Å². The molecule has 10 heteroatoms.